The fraction of sp³-hybridized carbons (Fsp3) is 0.429. The van der Waals surface area contributed by atoms with Crippen LogP contribution in [-0.2, 0) is 30.6 Å². The monoisotopic (exact) mass is 311 g/mol. The van der Waals surface area contributed by atoms with Crippen molar-refractivity contribution in [1.29, 1.82) is 0 Å². The number of rotatable bonds is 3. The summed E-state index contributed by atoms with van der Waals surface area (Å²) in [5.74, 6) is -2.01. The van der Waals surface area contributed by atoms with Gasteiger partial charge in [-0.2, -0.15) is 0 Å². The molecule has 0 spiro atoms. The predicted molar refractivity (Wildman–Crippen MR) is 76.3 cm³/mol. The standard InChI is InChI=1S/C14H17NO5S/c1-15-10-14(13(17)20-2,21(18,19)9-12(15)16)8-11-6-4-3-5-7-11/h3-7H,8-10H2,1-2H3. The molecule has 1 aromatic carbocycles. The van der Waals surface area contributed by atoms with Crippen molar-refractivity contribution in [3.63, 3.8) is 0 Å². The second kappa shape index (κ2) is 5.48. The van der Waals surface area contributed by atoms with Gasteiger partial charge in [-0.25, -0.2) is 8.42 Å². The molecule has 0 bridgehead atoms. The summed E-state index contributed by atoms with van der Waals surface area (Å²) in [4.78, 5) is 25.1. The van der Waals surface area contributed by atoms with Crippen LogP contribution < -0.4 is 0 Å². The summed E-state index contributed by atoms with van der Waals surface area (Å²) in [6.07, 6.45) is -0.0134. The van der Waals surface area contributed by atoms with Gasteiger partial charge in [-0.3, -0.25) is 9.59 Å². The predicted octanol–water partition coefficient (Wildman–Crippen LogP) is 0.0277. The lowest BCUT2D eigenvalue weighted by molar-refractivity contribution is -0.145. The van der Waals surface area contributed by atoms with Crippen LogP contribution in [-0.4, -0.2) is 56.4 Å². The SMILES string of the molecule is COC(=O)C1(Cc2ccccc2)CN(C)C(=O)CS1(=O)=O. The Kier molecular flexibility index (Phi) is 4.04. The van der Waals surface area contributed by atoms with E-state index < -0.39 is 32.2 Å². The Morgan fingerprint density at radius 2 is 1.95 bits per heavy atom. The Hall–Kier alpha value is -1.89. The number of sulfone groups is 1. The highest BCUT2D eigenvalue weighted by Crippen LogP contribution is 2.30. The summed E-state index contributed by atoms with van der Waals surface area (Å²) in [5.41, 5.74) is 0.703. The van der Waals surface area contributed by atoms with E-state index in [9.17, 15) is 18.0 Å². The molecule has 114 valence electrons. The normalized spacial score (nSPS) is 24.7. The largest absolute Gasteiger partial charge is 0.468 e. The summed E-state index contributed by atoms with van der Waals surface area (Å²) in [6.45, 7) is -0.199. The lowest BCUT2D eigenvalue weighted by Crippen LogP contribution is -2.63. The van der Waals surface area contributed by atoms with Gasteiger partial charge in [-0.05, 0) is 5.56 Å². The number of nitrogens with zero attached hydrogens (tertiary/aromatic N) is 1. The number of ether oxygens (including phenoxy) is 1. The molecule has 0 aliphatic carbocycles. The third-order valence-corrected chi connectivity index (χ3v) is 5.97. The van der Waals surface area contributed by atoms with E-state index in [1.807, 2.05) is 0 Å². The van der Waals surface area contributed by atoms with E-state index in [-0.39, 0.29) is 13.0 Å². The number of hydrogen-bond acceptors (Lipinski definition) is 5. The number of benzene rings is 1. The number of methoxy groups -OCH3 is 1. The van der Waals surface area contributed by atoms with Gasteiger partial charge in [-0.15, -0.1) is 0 Å². The van der Waals surface area contributed by atoms with Gasteiger partial charge in [0.15, 0.2) is 14.6 Å². The van der Waals surface area contributed by atoms with E-state index in [0.29, 0.717) is 5.56 Å². The van der Waals surface area contributed by atoms with Crippen molar-refractivity contribution >= 4 is 21.7 Å². The van der Waals surface area contributed by atoms with Gasteiger partial charge >= 0.3 is 5.97 Å². The molecule has 1 saturated heterocycles. The van der Waals surface area contributed by atoms with Crippen LogP contribution in [0.5, 0.6) is 0 Å². The van der Waals surface area contributed by atoms with Crippen LogP contribution in [0.4, 0.5) is 0 Å². The maximum absolute atomic E-state index is 12.5. The van der Waals surface area contributed by atoms with Gasteiger partial charge in [0.05, 0.1) is 13.7 Å². The van der Waals surface area contributed by atoms with Crippen molar-refractivity contribution in [1.82, 2.24) is 4.90 Å². The fourth-order valence-corrected chi connectivity index (χ4v) is 4.46. The third-order valence-electron chi connectivity index (χ3n) is 3.72. The van der Waals surface area contributed by atoms with E-state index in [2.05, 4.69) is 0 Å². The van der Waals surface area contributed by atoms with Gasteiger partial charge in [0.1, 0.15) is 5.75 Å². The van der Waals surface area contributed by atoms with Crippen LogP contribution in [0.3, 0.4) is 0 Å². The van der Waals surface area contributed by atoms with Crippen LogP contribution >= 0.6 is 0 Å². The molecule has 0 radical (unpaired) electrons. The fourth-order valence-electron chi connectivity index (χ4n) is 2.52. The van der Waals surface area contributed by atoms with E-state index >= 15 is 0 Å². The van der Waals surface area contributed by atoms with E-state index in [1.54, 1.807) is 30.3 Å². The van der Waals surface area contributed by atoms with Crippen LogP contribution in [0.15, 0.2) is 30.3 Å². The number of carbonyl (C=O) groups is 2. The Labute approximate surface area is 123 Å². The van der Waals surface area contributed by atoms with Gasteiger partial charge in [0, 0.05) is 13.5 Å². The summed E-state index contributed by atoms with van der Waals surface area (Å²) < 4.78 is 28.0. The number of amides is 1. The second-order valence-electron chi connectivity index (χ2n) is 5.16. The molecule has 1 aliphatic rings. The van der Waals surface area contributed by atoms with Crippen molar-refractivity contribution < 1.29 is 22.7 Å². The Morgan fingerprint density at radius 3 is 2.52 bits per heavy atom. The summed E-state index contributed by atoms with van der Waals surface area (Å²) in [5, 5.41) is 0. The molecule has 0 saturated carbocycles. The minimum Gasteiger partial charge on any atom is -0.468 e. The Bertz CT molecular complexity index is 655. The second-order valence-corrected chi connectivity index (χ2v) is 7.46. The molecular weight excluding hydrogens is 294 g/mol. The Morgan fingerprint density at radius 1 is 1.33 bits per heavy atom. The van der Waals surface area contributed by atoms with Crippen molar-refractivity contribution in [2.75, 3.05) is 26.5 Å². The van der Waals surface area contributed by atoms with Crippen LogP contribution in [0.2, 0.25) is 0 Å². The molecule has 1 heterocycles. The average molecular weight is 311 g/mol. The molecule has 1 aromatic rings. The Balaban J connectivity index is 2.51. The smallest absolute Gasteiger partial charge is 0.329 e. The molecule has 0 N–H and O–H groups in total. The molecule has 2 rings (SSSR count). The lowest BCUT2D eigenvalue weighted by atomic mass is 9.97. The zero-order valence-corrected chi connectivity index (χ0v) is 12.7. The van der Waals surface area contributed by atoms with Gasteiger partial charge in [-0.1, -0.05) is 30.3 Å². The summed E-state index contributed by atoms with van der Waals surface area (Å²) >= 11 is 0. The van der Waals surface area contributed by atoms with Crippen LogP contribution in [0.25, 0.3) is 0 Å². The number of esters is 1. The third kappa shape index (κ3) is 2.65. The lowest BCUT2D eigenvalue weighted by Gasteiger charge is -2.38. The minimum absolute atomic E-state index is 0.0134. The maximum atomic E-state index is 12.5. The maximum Gasteiger partial charge on any atom is 0.329 e. The van der Waals surface area contributed by atoms with Crippen molar-refractivity contribution in [3.8, 4) is 0 Å². The highest BCUT2D eigenvalue weighted by Gasteiger charge is 2.56. The summed E-state index contributed by atoms with van der Waals surface area (Å²) in [6, 6.07) is 8.84. The first kappa shape index (κ1) is 15.5. The molecular formula is C14H17NO5S. The van der Waals surface area contributed by atoms with Crippen LogP contribution in [0.1, 0.15) is 5.56 Å². The van der Waals surface area contributed by atoms with Gasteiger partial charge < -0.3 is 9.64 Å². The zero-order valence-electron chi connectivity index (χ0n) is 11.9. The zero-order chi connectivity index (χ0) is 15.7. The molecule has 6 nitrogen and oxygen atoms in total. The topological polar surface area (TPSA) is 80.8 Å². The first-order valence-corrected chi connectivity index (χ1v) is 8.06. The number of hydrogen-bond donors (Lipinski definition) is 0. The van der Waals surface area contributed by atoms with E-state index in [4.69, 9.17) is 4.74 Å². The van der Waals surface area contributed by atoms with Gasteiger partial charge in [0.25, 0.3) is 0 Å². The molecule has 7 heteroatoms. The highest BCUT2D eigenvalue weighted by atomic mass is 32.2. The van der Waals surface area contributed by atoms with Gasteiger partial charge in [0.2, 0.25) is 5.91 Å². The molecule has 0 aromatic heterocycles. The van der Waals surface area contributed by atoms with E-state index in [0.717, 1.165) is 7.11 Å². The minimum atomic E-state index is -3.94. The average Bonchev–Trinajstić information content (AvgIpc) is 2.44. The molecule has 21 heavy (non-hydrogen) atoms. The summed E-state index contributed by atoms with van der Waals surface area (Å²) in [7, 11) is -1.30. The highest BCUT2D eigenvalue weighted by molar-refractivity contribution is 7.94. The van der Waals surface area contributed by atoms with E-state index in [1.165, 1.54) is 11.9 Å². The quantitative estimate of drug-likeness (QED) is 0.736. The van der Waals surface area contributed by atoms with Crippen LogP contribution in [0, 0.1) is 0 Å². The van der Waals surface area contributed by atoms with Crippen molar-refractivity contribution in [2.45, 2.75) is 11.2 Å². The molecule has 1 unspecified atom stereocenters. The first-order valence-electron chi connectivity index (χ1n) is 6.41. The van der Waals surface area contributed by atoms with Crippen molar-refractivity contribution in [2.24, 2.45) is 0 Å². The molecule has 1 aliphatic heterocycles. The number of carbonyl (C=O) groups excluding carboxylic acids is 2. The first-order chi connectivity index (χ1) is 9.82. The molecule has 1 fully saturated rings. The van der Waals surface area contributed by atoms with Crippen molar-refractivity contribution in [3.05, 3.63) is 35.9 Å². The molecule has 1 amide bonds. The molecule has 1 atom stereocenters.